The molecule has 0 aromatic heterocycles. The summed E-state index contributed by atoms with van der Waals surface area (Å²) in [5.41, 5.74) is 1.46. The summed E-state index contributed by atoms with van der Waals surface area (Å²) in [5.74, 6) is -0.688. The van der Waals surface area contributed by atoms with Gasteiger partial charge in [-0.15, -0.1) is 0 Å². The Kier molecular flexibility index (Phi) is 3.89. The minimum Gasteiger partial charge on any atom is -0.326 e. The van der Waals surface area contributed by atoms with E-state index >= 15 is 0 Å². The number of carbonyl (C=O) groups is 1. The molecule has 0 fully saturated rings. The number of nitrogens with one attached hydrogen (secondary N) is 1. The Hall–Kier alpha value is -2.67. The second-order valence-electron chi connectivity index (χ2n) is 4.01. The SMILES string of the molecule is N#Cc1ccc(NC(=O)Cc2ccccc2F)cc1. The van der Waals surface area contributed by atoms with Crippen molar-refractivity contribution in [1.29, 1.82) is 5.26 Å². The van der Waals surface area contributed by atoms with Crippen LogP contribution in [0.1, 0.15) is 11.1 Å². The van der Waals surface area contributed by atoms with Crippen LogP contribution in [0, 0.1) is 17.1 Å². The second kappa shape index (κ2) is 5.78. The second-order valence-corrected chi connectivity index (χ2v) is 4.01. The lowest BCUT2D eigenvalue weighted by Gasteiger charge is -2.06. The molecule has 2 aromatic rings. The fourth-order valence-corrected chi connectivity index (χ4v) is 1.65. The van der Waals surface area contributed by atoms with Crippen LogP contribution in [-0.4, -0.2) is 5.91 Å². The Morgan fingerprint density at radius 1 is 1.16 bits per heavy atom. The highest BCUT2D eigenvalue weighted by Crippen LogP contribution is 2.11. The van der Waals surface area contributed by atoms with Crippen molar-refractivity contribution >= 4 is 11.6 Å². The molecule has 3 nitrogen and oxygen atoms in total. The molecule has 0 spiro atoms. The molecule has 0 aliphatic rings. The Morgan fingerprint density at radius 2 is 1.84 bits per heavy atom. The summed E-state index contributed by atoms with van der Waals surface area (Å²) in [4.78, 5) is 11.7. The predicted octanol–water partition coefficient (Wildman–Crippen LogP) is 2.88. The van der Waals surface area contributed by atoms with Gasteiger partial charge in [0.05, 0.1) is 18.1 Å². The first-order valence-corrected chi connectivity index (χ1v) is 5.72. The van der Waals surface area contributed by atoms with Crippen LogP contribution in [0.2, 0.25) is 0 Å². The fourth-order valence-electron chi connectivity index (χ4n) is 1.65. The van der Waals surface area contributed by atoms with E-state index in [4.69, 9.17) is 5.26 Å². The quantitative estimate of drug-likeness (QED) is 0.915. The Morgan fingerprint density at radius 3 is 2.47 bits per heavy atom. The van der Waals surface area contributed by atoms with E-state index in [1.54, 1.807) is 42.5 Å². The summed E-state index contributed by atoms with van der Waals surface area (Å²) < 4.78 is 13.4. The number of hydrogen-bond donors (Lipinski definition) is 1. The molecule has 0 saturated carbocycles. The van der Waals surface area contributed by atoms with Gasteiger partial charge in [-0.25, -0.2) is 4.39 Å². The van der Waals surface area contributed by atoms with Gasteiger partial charge < -0.3 is 5.32 Å². The van der Waals surface area contributed by atoms with Crippen molar-refractivity contribution in [2.24, 2.45) is 0 Å². The van der Waals surface area contributed by atoms with Crippen LogP contribution >= 0.6 is 0 Å². The molecule has 2 rings (SSSR count). The summed E-state index contributed by atoms with van der Waals surface area (Å²) in [6.45, 7) is 0. The van der Waals surface area contributed by atoms with Crippen molar-refractivity contribution in [3.63, 3.8) is 0 Å². The van der Waals surface area contributed by atoms with Gasteiger partial charge in [0, 0.05) is 5.69 Å². The van der Waals surface area contributed by atoms with Gasteiger partial charge in [-0.3, -0.25) is 4.79 Å². The van der Waals surface area contributed by atoms with Crippen molar-refractivity contribution < 1.29 is 9.18 Å². The molecule has 0 unspecified atom stereocenters. The molecule has 0 radical (unpaired) electrons. The minimum atomic E-state index is -0.391. The normalized spacial score (nSPS) is 9.68. The molecular formula is C15H11FN2O. The van der Waals surface area contributed by atoms with Crippen LogP contribution in [0.3, 0.4) is 0 Å². The Balaban J connectivity index is 2.01. The van der Waals surface area contributed by atoms with E-state index in [1.165, 1.54) is 6.07 Å². The van der Waals surface area contributed by atoms with Gasteiger partial charge in [0.15, 0.2) is 0 Å². The van der Waals surface area contributed by atoms with E-state index in [0.29, 0.717) is 16.8 Å². The average Bonchev–Trinajstić information content (AvgIpc) is 2.42. The Bertz CT molecular complexity index is 629. The number of amides is 1. The molecule has 0 saturated heterocycles. The molecule has 0 bridgehead atoms. The number of hydrogen-bond acceptors (Lipinski definition) is 2. The lowest BCUT2D eigenvalue weighted by atomic mass is 10.1. The van der Waals surface area contributed by atoms with E-state index in [-0.39, 0.29) is 12.3 Å². The van der Waals surface area contributed by atoms with Gasteiger partial charge in [-0.1, -0.05) is 18.2 Å². The Labute approximate surface area is 110 Å². The topological polar surface area (TPSA) is 52.9 Å². The first-order chi connectivity index (χ1) is 9.19. The maximum atomic E-state index is 13.4. The summed E-state index contributed by atoms with van der Waals surface area (Å²) in [6, 6.07) is 14.7. The van der Waals surface area contributed by atoms with Crippen LogP contribution in [0.5, 0.6) is 0 Å². The maximum Gasteiger partial charge on any atom is 0.228 e. The van der Waals surface area contributed by atoms with Gasteiger partial charge >= 0.3 is 0 Å². The van der Waals surface area contributed by atoms with E-state index in [1.807, 2.05) is 6.07 Å². The van der Waals surface area contributed by atoms with Gasteiger partial charge in [0.25, 0.3) is 0 Å². The molecule has 1 amide bonds. The van der Waals surface area contributed by atoms with Crippen molar-refractivity contribution in [3.05, 3.63) is 65.5 Å². The van der Waals surface area contributed by atoms with Crippen LogP contribution in [0.4, 0.5) is 10.1 Å². The third kappa shape index (κ3) is 3.39. The maximum absolute atomic E-state index is 13.4. The summed E-state index contributed by atoms with van der Waals surface area (Å²) >= 11 is 0. The zero-order valence-corrected chi connectivity index (χ0v) is 10.1. The standard InChI is InChI=1S/C15H11FN2O/c16-14-4-2-1-3-12(14)9-15(19)18-13-7-5-11(10-17)6-8-13/h1-8H,9H2,(H,18,19). The van der Waals surface area contributed by atoms with Gasteiger partial charge in [0.1, 0.15) is 5.82 Å². The molecule has 0 heterocycles. The molecule has 94 valence electrons. The zero-order valence-electron chi connectivity index (χ0n) is 10.1. The number of anilines is 1. The van der Waals surface area contributed by atoms with Crippen molar-refractivity contribution in [2.75, 3.05) is 5.32 Å². The van der Waals surface area contributed by atoms with E-state index in [0.717, 1.165) is 0 Å². The highest BCUT2D eigenvalue weighted by molar-refractivity contribution is 5.92. The van der Waals surface area contributed by atoms with Gasteiger partial charge in [-0.2, -0.15) is 5.26 Å². The van der Waals surface area contributed by atoms with Crippen LogP contribution in [0.25, 0.3) is 0 Å². The van der Waals surface area contributed by atoms with Crippen molar-refractivity contribution in [1.82, 2.24) is 0 Å². The third-order valence-corrected chi connectivity index (χ3v) is 2.61. The first-order valence-electron chi connectivity index (χ1n) is 5.72. The smallest absolute Gasteiger partial charge is 0.228 e. The molecule has 1 N–H and O–H groups in total. The summed E-state index contributed by atoms with van der Waals surface area (Å²) in [6.07, 6.45) is -0.0212. The number of nitrogens with zero attached hydrogens (tertiary/aromatic N) is 1. The van der Waals surface area contributed by atoms with Crippen molar-refractivity contribution in [2.45, 2.75) is 6.42 Å². The fraction of sp³-hybridized carbons (Fsp3) is 0.0667. The lowest BCUT2D eigenvalue weighted by molar-refractivity contribution is -0.115. The van der Waals surface area contributed by atoms with Crippen LogP contribution in [0.15, 0.2) is 48.5 Å². The number of nitriles is 1. The van der Waals surface area contributed by atoms with Crippen molar-refractivity contribution in [3.8, 4) is 6.07 Å². The van der Waals surface area contributed by atoms with E-state index < -0.39 is 5.82 Å². The number of rotatable bonds is 3. The summed E-state index contributed by atoms with van der Waals surface area (Å²) in [5, 5.41) is 11.3. The zero-order chi connectivity index (χ0) is 13.7. The average molecular weight is 254 g/mol. The van der Waals surface area contributed by atoms with Crippen LogP contribution < -0.4 is 5.32 Å². The third-order valence-electron chi connectivity index (χ3n) is 2.61. The highest BCUT2D eigenvalue weighted by atomic mass is 19.1. The molecule has 0 aliphatic carbocycles. The molecule has 2 aromatic carbocycles. The van der Waals surface area contributed by atoms with E-state index in [2.05, 4.69) is 5.32 Å². The molecular weight excluding hydrogens is 243 g/mol. The molecule has 0 atom stereocenters. The molecule has 0 aliphatic heterocycles. The lowest BCUT2D eigenvalue weighted by Crippen LogP contribution is -2.15. The number of benzene rings is 2. The summed E-state index contributed by atoms with van der Waals surface area (Å²) in [7, 11) is 0. The monoisotopic (exact) mass is 254 g/mol. The molecule has 19 heavy (non-hydrogen) atoms. The van der Waals surface area contributed by atoms with Gasteiger partial charge in [-0.05, 0) is 35.9 Å². The highest BCUT2D eigenvalue weighted by Gasteiger charge is 2.07. The van der Waals surface area contributed by atoms with E-state index in [9.17, 15) is 9.18 Å². The van der Waals surface area contributed by atoms with Crippen LogP contribution in [-0.2, 0) is 11.2 Å². The number of carbonyl (C=O) groups excluding carboxylic acids is 1. The number of halogens is 1. The predicted molar refractivity (Wildman–Crippen MR) is 69.9 cm³/mol. The first kappa shape index (κ1) is 12.8. The minimum absolute atomic E-state index is 0.0212. The largest absolute Gasteiger partial charge is 0.326 e. The molecule has 4 heteroatoms. The van der Waals surface area contributed by atoms with Gasteiger partial charge in [0.2, 0.25) is 5.91 Å².